The second-order valence-electron chi connectivity index (χ2n) is 3.83. The van der Waals surface area contributed by atoms with Crippen LogP contribution in [0.15, 0.2) is 18.2 Å². The summed E-state index contributed by atoms with van der Waals surface area (Å²) in [5.41, 5.74) is 1.27. The third-order valence-corrected chi connectivity index (χ3v) is 3.54. The Balaban J connectivity index is 2.30. The van der Waals surface area contributed by atoms with Gasteiger partial charge in [-0.3, -0.25) is 0 Å². The molecule has 2 atom stereocenters. The number of rotatable bonds is 1. The van der Waals surface area contributed by atoms with Crippen molar-refractivity contribution in [3.63, 3.8) is 0 Å². The van der Waals surface area contributed by atoms with E-state index < -0.39 is 0 Å². The Morgan fingerprint density at radius 3 is 2.46 bits per heavy atom. The third kappa shape index (κ3) is 1.70. The largest absolute Gasteiger partial charge is 0.0843 e. The Labute approximate surface area is 88.9 Å². The molecule has 0 spiro atoms. The molecule has 1 aliphatic rings. The van der Waals surface area contributed by atoms with Crippen molar-refractivity contribution in [3.05, 3.63) is 33.8 Å². The molecule has 0 nitrogen and oxygen atoms in total. The van der Waals surface area contributed by atoms with Gasteiger partial charge in [0.1, 0.15) is 0 Å². The van der Waals surface area contributed by atoms with Gasteiger partial charge >= 0.3 is 0 Å². The molecule has 1 fully saturated rings. The van der Waals surface area contributed by atoms with Gasteiger partial charge in [-0.25, -0.2) is 0 Å². The van der Waals surface area contributed by atoms with E-state index in [4.69, 9.17) is 23.2 Å². The van der Waals surface area contributed by atoms with E-state index in [1.807, 2.05) is 12.1 Å². The summed E-state index contributed by atoms with van der Waals surface area (Å²) in [6, 6.07) is 5.82. The van der Waals surface area contributed by atoms with Gasteiger partial charge < -0.3 is 0 Å². The van der Waals surface area contributed by atoms with Gasteiger partial charge in [0.05, 0.1) is 0 Å². The summed E-state index contributed by atoms with van der Waals surface area (Å²) in [5.74, 6) is 1.43. The van der Waals surface area contributed by atoms with Crippen LogP contribution < -0.4 is 0 Å². The topological polar surface area (TPSA) is 0 Å². The van der Waals surface area contributed by atoms with E-state index in [1.54, 1.807) is 0 Å². The van der Waals surface area contributed by atoms with E-state index in [0.717, 1.165) is 16.0 Å². The maximum Gasteiger partial charge on any atom is 0.0455 e. The normalized spacial score (nSPS) is 27.0. The molecule has 1 aromatic carbocycles. The lowest BCUT2D eigenvalue weighted by Crippen LogP contribution is -2.20. The Bertz CT molecular complexity index is 320. The zero-order chi connectivity index (χ0) is 9.42. The first kappa shape index (κ1) is 9.36. The minimum Gasteiger partial charge on any atom is -0.0843 e. The minimum absolute atomic E-state index is 0.657. The molecule has 1 aromatic rings. The zero-order valence-corrected chi connectivity index (χ0v) is 9.07. The molecule has 2 heteroatoms. The van der Waals surface area contributed by atoms with Crippen LogP contribution in [0.4, 0.5) is 0 Å². The molecule has 2 rings (SSSR count). The molecule has 0 aromatic heterocycles. The third-order valence-electron chi connectivity index (χ3n) is 2.98. The first-order chi connectivity index (χ1) is 6.18. The van der Waals surface area contributed by atoms with Gasteiger partial charge in [0.25, 0.3) is 0 Å². The first-order valence-corrected chi connectivity index (χ1v) is 5.39. The number of hydrogen-bond donors (Lipinski definition) is 0. The van der Waals surface area contributed by atoms with Crippen LogP contribution in [0.3, 0.4) is 0 Å². The van der Waals surface area contributed by atoms with Crippen molar-refractivity contribution in [2.24, 2.45) is 5.92 Å². The van der Waals surface area contributed by atoms with Gasteiger partial charge in [-0.2, -0.15) is 0 Å². The van der Waals surface area contributed by atoms with Crippen LogP contribution in [0.25, 0.3) is 0 Å². The maximum absolute atomic E-state index is 6.12. The first-order valence-electron chi connectivity index (χ1n) is 4.63. The van der Waals surface area contributed by atoms with Gasteiger partial charge in [-0.1, -0.05) is 36.2 Å². The van der Waals surface area contributed by atoms with Crippen molar-refractivity contribution in [2.45, 2.75) is 25.7 Å². The lowest BCUT2D eigenvalue weighted by molar-refractivity contribution is 0.280. The lowest BCUT2D eigenvalue weighted by atomic mass is 9.71. The highest BCUT2D eigenvalue weighted by atomic mass is 35.5. The predicted molar refractivity (Wildman–Crippen MR) is 57.6 cm³/mol. The van der Waals surface area contributed by atoms with E-state index >= 15 is 0 Å². The summed E-state index contributed by atoms with van der Waals surface area (Å²) < 4.78 is 0. The molecule has 13 heavy (non-hydrogen) atoms. The SMILES string of the molecule is C[C@@H]1CC[C@@H]1c1ccc(Cl)cc1Cl. The zero-order valence-electron chi connectivity index (χ0n) is 7.56. The number of halogens is 2. The minimum atomic E-state index is 0.657. The summed E-state index contributed by atoms with van der Waals surface area (Å²) in [5, 5.41) is 1.55. The van der Waals surface area contributed by atoms with Crippen LogP contribution in [0.2, 0.25) is 10.0 Å². The highest BCUT2D eigenvalue weighted by molar-refractivity contribution is 6.35. The summed E-state index contributed by atoms with van der Waals surface area (Å²) in [6.45, 7) is 2.28. The highest BCUT2D eigenvalue weighted by Crippen LogP contribution is 2.44. The van der Waals surface area contributed by atoms with Crippen LogP contribution in [0.5, 0.6) is 0 Å². The molecule has 0 unspecified atom stereocenters. The van der Waals surface area contributed by atoms with Gasteiger partial charge in [-0.05, 0) is 42.4 Å². The average Bonchev–Trinajstić information content (AvgIpc) is 2.07. The Morgan fingerprint density at radius 2 is 2.00 bits per heavy atom. The van der Waals surface area contributed by atoms with E-state index in [-0.39, 0.29) is 0 Å². The van der Waals surface area contributed by atoms with Crippen molar-refractivity contribution in [3.8, 4) is 0 Å². The highest BCUT2D eigenvalue weighted by Gasteiger charge is 2.29. The number of benzene rings is 1. The van der Waals surface area contributed by atoms with E-state index in [2.05, 4.69) is 13.0 Å². The molecular weight excluding hydrogens is 203 g/mol. The lowest BCUT2D eigenvalue weighted by Gasteiger charge is -2.34. The van der Waals surface area contributed by atoms with Crippen LogP contribution >= 0.6 is 23.2 Å². The van der Waals surface area contributed by atoms with Crippen molar-refractivity contribution < 1.29 is 0 Å². The molecule has 70 valence electrons. The quantitative estimate of drug-likeness (QED) is 0.646. The number of hydrogen-bond acceptors (Lipinski definition) is 0. The van der Waals surface area contributed by atoms with Crippen molar-refractivity contribution in [1.29, 1.82) is 0 Å². The van der Waals surface area contributed by atoms with Gasteiger partial charge in [0, 0.05) is 10.0 Å². The summed E-state index contributed by atoms with van der Waals surface area (Å²) in [4.78, 5) is 0. The molecule has 0 heterocycles. The van der Waals surface area contributed by atoms with Crippen molar-refractivity contribution in [1.82, 2.24) is 0 Å². The van der Waals surface area contributed by atoms with E-state index in [1.165, 1.54) is 18.4 Å². The Morgan fingerprint density at radius 1 is 1.23 bits per heavy atom. The fourth-order valence-corrected chi connectivity index (χ4v) is 2.48. The fourth-order valence-electron chi connectivity index (χ4n) is 1.93. The Hall–Kier alpha value is -0.200. The Kier molecular flexibility index (Phi) is 2.53. The molecule has 0 aliphatic heterocycles. The molecule has 1 aliphatic carbocycles. The molecule has 0 bridgehead atoms. The average molecular weight is 215 g/mol. The molecule has 1 saturated carbocycles. The molecule has 0 N–H and O–H groups in total. The monoisotopic (exact) mass is 214 g/mol. The van der Waals surface area contributed by atoms with E-state index in [0.29, 0.717) is 5.92 Å². The maximum atomic E-state index is 6.12. The van der Waals surface area contributed by atoms with Crippen LogP contribution in [-0.4, -0.2) is 0 Å². The molecule has 0 radical (unpaired) electrons. The second kappa shape index (κ2) is 3.51. The van der Waals surface area contributed by atoms with Crippen molar-refractivity contribution >= 4 is 23.2 Å². The van der Waals surface area contributed by atoms with Crippen LogP contribution in [0, 0.1) is 5.92 Å². The van der Waals surface area contributed by atoms with Gasteiger partial charge in [-0.15, -0.1) is 0 Å². The second-order valence-corrected chi connectivity index (χ2v) is 4.67. The van der Waals surface area contributed by atoms with Crippen LogP contribution in [0.1, 0.15) is 31.2 Å². The fraction of sp³-hybridized carbons (Fsp3) is 0.455. The van der Waals surface area contributed by atoms with E-state index in [9.17, 15) is 0 Å². The van der Waals surface area contributed by atoms with Crippen LogP contribution in [-0.2, 0) is 0 Å². The smallest absolute Gasteiger partial charge is 0.0455 e. The van der Waals surface area contributed by atoms with Gasteiger partial charge in [0.2, 0.25) is 0 Å². The predicted octanol–water partition coefficient (Wildman–Crippen LogP) is 4.51. The molecular formula is C11H12Cl2. The summed E-state index contributed by atoms with van der Waals surface area (Å²) in [7, 11) is 0. The summed E-state index contributed by atoms with van der Waals surface area (Å²) >= 11 is 12.0. The van der Waals surface area contributed by atoms with Gasteiger partial charge in [0.15, 0.2) is 0 Å². The molecule has 0 amide bonds. The van der Waals surface area contributed by atoms with Crippen molar-refractivity contribution in [2.75, 3.05) is 0 Å². The standard InChI is InChI=1S/C11H12Cl2/c1-7-2-4-9(7)10-5-3-8(12)6-11(10)13/h3,5-7,9H,2,4H2,1H3/t7-,9+/m1/s1. The molecule has 0 saturated heterocycles. The summed E-state index contributed by atoms with van der Waals surface area (Å²) in [6.07, 6.45) is 2.59.